The molecule has 0 amide bonds. The molecule has 0 aliphatic heterocycles. The van der Waals surface area contributed by atoms with Gasteiger partial charge in [0.2, 0.25) is 0 Å². The largest absolute Gasteiger partial charge is 0.450 e. The summed E-state index contributed by atoms with van der Waals surface area (Å²) in [7, 11) is 0. The molecule has 0 saturated heterocycles. The van der Waals surface area contributed by atoms with Crippen LogP contribution in [0.4, 0.5) is 4.79 Å². The zero-order valence-electron chi connectivity index (χ0n) is 23.4. The first-order chi connectivity index (χ1) is 16.7. The van der Waals surface area contributed by atoms with Crippen LogP contribution in [0.5, 0.6) is 0 Å². The van der Waals surface area contributed by atoms with Crippen molar-refractivity contribution in [3.05, 3.63) is 0 Å². The maximum atomic E-state index is 11.2. The summed E-state index contributed by atoms with van der Waals surface area (Å²) in [5.74, 6) is 0. The Morgan fingerprint density at radius 2 is 0.706 bits per heavy atom. The second-order valence-electron chi connectivity index (χ2n) is 10.7. The van der Waals surface area contributed by atoms with E-state index in [1.807, 2.05) is 0 Å². The minimum atomic E-state index is -0.627. The average molecular weight is 501 g/mol. The molecule has 0 aromatic rings. The van der Waals surface area contributed by atoms with Crippen LogP contribution in [-0.4, -0.2) is 11.5 Å². The normalized spacial score (nSPS) is 12.2. The van der Waals surface area contributed by atoms with Gasteiger partial charge in [-0.25, -0.2) is 4.79 Å². The van der Waals surface area contributed by atoms with Crippen molar-refractivity contribution in [2.45, 2.75) is 193 Å². The Bertz CT molecular complexity index is 399. The summed E-state index contributed by atoms with van der Waals surface area (Å²) < 4.78 is 5.37. The molecule has 0 aromatic heterocycles. The lowest BCUT2D eigenvalue weighted by molar-refractivity contribution is 0.106. The van der Waals surface area contributed by atoms with Gasteiger partial charge in [0.05, 0.1) is 0 Å². The highest BCUT2D eigenvalue weighted by Gasteiger charge is 2.12. The third-order valence-corrected chi connectivity index (χ3v) is 7.36. The Hall–Kier alpha value is -0.240. The molecule has 0 aromatic carbocycles. The summed E-state index contributed by atoms with van der Waals surface area (Å²) in [5.41, 5.74) is -0.627. The molecular weight excluding hydrogens is 440 g/mol. The van der Waals surface area contributed by atoms with Crippen LogP contribution in [0.2, 0.25) is 0 Å². The maximum absolute atomic E-state index is 11.2. The Morgan fingerprint density at radius 3 is 0.941 bits per heavy atom. The SMILES string of the molecule is CCCCCCCCCCCCCCCCCCC(CCCCCCCCCCC)OC(=O)Cl. The van der Waals surface area contributed by atoms with Gasteiger partial charge < -0.3 is 4.74 Å². The van der Waals surface area contributed by atoms with Crippen LogP contribution in [0.3, 0.4) is 0 Å². The quantitative estimate of drug-likeness (QED) is 0.0787. The first kappa shape index (κ1) is 33.8. The molecule has 0 saturated carbocycles. The van der Waals surface area contributed by atoms with E-state index < -0.39 is 5.43 Å². The van der Waals surface area contributed by atoms with Crippen molar-refractivity contribution in [3.8, 4) is 0 Å². The number of carbonyl (C=O) groups excluding carboxylic acids is 1. The Kier molecular flexibility index (Phi) is 28.8. The maximum Gasteiger partial charge on any atom is 0.404 e. The second kappa shape index (κ2) is 29.0. The van der Waals surface area contributed by atoms with Gasteiger partial charge in [-0.2, -0.15) is 0 Å². The highest BCUT2D eigenvalue weighted by atomic mass is 35.5. The zero-order valence-corrected chi connectivity index (χ0v) is 24.1. The molecule has 0 aliphatic carbocycles. The van der Waals surface area contributed by atoms with Gasteiger partial charge in [0, 0.05) is 11.6 Å². The summed E-state index contributed by atoms with van der Waals surface area (Å²) in [6, 6.07) is 0. The lowest BCUT2D eigenvalue weighted by Gasteiger charge is -2.16. The summed E-state index contributed by atoms with van der Waals surface area (Å²) in [4.78, 5) is 11.2. The number of hydrogen-bond donors (Lipinski definition) is 0. The molecule has 34 heavy (non-hydrogen) atoms. The summed E-state index contributed by atoms with van der Waals surface area (Å²) in [6.07, 6.45) is 36.1. The van der Waals surface area contributed by atoms with Crippen molar-refractivity contribution in [2.24, 2.45) is 0 Å². The van der Waals surface area contributed by atoms with Crippen LogP contribution >= 0.6 is 11.6 Å². The van der Waals surface area contributed by atoms with Gasteiger partial charge in [0.25, 0.3) is 0 Å². The molecule has 0 radical (unpaired) electrons. The second-order valence-corrected chi connectivity index (χ2v) is 11.0. The predicted octanol–water partition coefficient (Wildman–Crippen LogP) is 12.3. The van der Waals surface area contributed by atoms with E-state index in [0.717, 1.165) is 25.7 Å². The van der Waals surface area contributed by atoms with Gasteiger partial charge in [0.15, 0.2) is 0 Å². The van der Waals surface area contributed by atoms with Crippen molar-refractivity contribution in [2.75, 3.05) is 0 Å². The number of carbonyl (C=O) groups is 1. The lowest BCUT2D eigenvalue weighted by Crippen LogP contribution is -2.14. The fraction of sp³-hybridized carbons (Fsp3) is 0.968. The van der Waals surface area contributed by atoms with Crippen LogP contribution in [0.25, 0.3) is 0 Å². The molecule has 3 heteroatoms. The van der Waals surface area contributed by atoms with Crippen LogP contribution in [0.1, 0.15) is 187 Å². The monoisotopic (exact) mass is 500 g/mol. The molecule has 0 N–H and O–H groups in total. The predicted molar refractivity (Wildman–Crippen MR) is 152 cm³/mol. The van der Waals surface area contributed by atoms with Gasteiger partial charge in [-0.05, 0) is 25.7 Å². The summed E-state index contributed by atoms with van der Waals surface area (Å²) in [6.45, 7) is 4.56. The van der Waals surface area contributed by atoms with Gasteiger partial charge in [-0.3, -0.25) is 0 Å². The highest BCUT2D eigenvalue weighted by Crippen LogP contribution is 2.19. The van der Waals surface area contributed by atoms with Crippen molar-refractivity contribution in [1.82, 2.24) is 0 Å². The smallest absolute Gasteiger partial charge is 0.404 e. The lowest BCUT2D eigenvalue weighted by atomic mass is 10.0. The molecule has 1 unspecified atom stereocenters. The van der Waals surface area contributed by atoms with Crippen molar-refractivity contribution in [1.29, 1.82) is 0 Å². The van der Waals surface area contributed by atoms with Gasteiger partial charge in [-0.15, -0.1) is 0 Å². The van der Waals surface area contributed by atoms with Crippen molar-refractivity contribution >= 4 is 17.0 Å². The van der Waals surface area contributed by atoms with Crippen LogP contribution in [0, 0.1) is 0 Å². The summed E-state index contributed by atoms with van der Waals surface area (Å²) >= 11 is 5.51. The Morgan fingerprint density at radius 1 is 0.471 bits per heavy atom. The highest BCUT2D eigenvalue weighted by molar-refractivity contribution is 6.61. The topological polar surface area (TPSA) is 26.3 Å². The average Bonchev–Trinajstić information content (AvgIpc) is 2.82. The van der Waals surface area contributed by atoms with Gasteiger partial charge >= 0.3 is 5.43 Å². The van der Waals surface area contributed by atoms with E-state index >= 15 is 0 Å². The van der Waals surface area contributed by atoms with Crippen LogP contribution in [0.15, 0.2) is 0 Å². The van der Waals surface area contributed by atoms with Crippen LogP contribution in [-0.2, 0) is 4.74 Å². The number of hydrogen-bond acceptors (Lipinski definition) is 2. The number of unbranched alkanes of at least 4 members (excludes halogenated alkanes) is 23. The van der Waals surface area contributed by atoms with E-state index in [-0.39, 0.29) is 6.10 Å². The molecule has 204 valence electrons. The van der Waals surface area contributed by atoms with E-state index in [2.05, 4.69) is 13.8 Å². The van der Waals surface area contributed by atoms with E-state index in [0.29, 0.717) is 0 Å². The number of rotatable bonds is 28. The molecule has 0 heterocycles. The number of halogens is 1. The number of ether oxygens (including phenoxy) is 1. The van der Waals surface area contributed by atoms with Gasteiger partial charge in [0.1, 0.15) is 6.10 Å². The standard InChI is InChI=1S/C31H61ClO2/c1-3-5-7-9-11-13-14-15-16-17-18-19-21-23-25-27-29-30(34-31(32)33)28-26-24-22-20-12-10-8-6-4-2/h30H,3-29H2,1-2H3. The molecule has 0 aliphatic rings. The Balaban J connectivity index is 3.47. The van der Waals surface area contributed by atoms with E-state index in [9.17, 15) is 4.79 Å². The first-order valence-electron chi connectivity index (χ1n) is 15.6. The van der Waals surface area contributed by atoms with Crippen molar-refractivity contribution in [3.63, 3.8) is 0 Å². The molecule has 0 rings (SSSR count). The zero-order chi connectivity index (χ0) is 25.0. The van der Waals surface area contributed by atoms with E-state index in [1.54, 1.807) is 0 Å². The van der Waals surface area contributed by atoms with Crippen molar-refractivity contribution < 1.29 is 9.53 Å². The summed E-state index contributed by atoms with van der Waals surface area (Å²) in [5, 5.41) is 0. The minimum Gasteiger partial charge on any atom is -0.450 e. The minimum absolute atomic E-state index is 0.0289. The van der Waals surface area contributed by atoms with Crippen LogP contribution < -0.4 is 0 Å². The molecule has 2 nitrogen and oxygen atoms in total. The fourth-order valence-electron chi connectivity index (χ4n) is 5.00. The molecule has 0 bridgehead atoms. The third-order valence-electron chi connectivity index (χ3n) is 7.27. The molecule has 1 atom stereocenters. The molecule has 0 fully saturated rings. The first-order valence-corrected chi connectivity index (χ1v) is 15.9. The fourth-order valence-corrected chi connectivity index (χ4v) is 5.12. The van der Waals surface area contributed by atoms with Gasteiger partial charge in [-0.1, -0.05) is 162 Å². The molecule has 0 spiro atoms. The Labute approximate surface area is 219 Å². The molecular formula is C31H61ClO2. The van der Waals surface area contributed by atoms with E-state index in [1.165, 1.54) is 148 Å². The third kappa shape index (κ3) is 28.0. The van der Waals surface area contributed by atoms with E-state index in [4.69, 9.17) is 16.3 Å².